The molecule has 1 aliphatic rings. The van der Waals surface area contributed by atoms with Gasteiger partial charge in [0, 0.05) is 22.5 Å². The van der Waals surface area contributed by atoms with Crippen molar-refractivity contribution < 1.29 is 9.21 Å². The largest absolute Gasteiger partial charge is 0.423 e. The Morgan fingerprint density at radius 2 is 1.94 bits per heavy atom. The molecule has 4 aromatic rings. The highest BCUT2D eigenvalue weighted by molar-refractivity contribution is 6.31. The molecule has 5 rings (SSSR count). The second-order valence-corrected chi connectivity index (χ2v) is 7.85. The summed E-state index contributed by atoms with van der Waals surface area (Å²) < 4.78 is 5.85. The Morgan fingerprint density at radius 3 is 2.73 bits per heavy atom. The van der Waals surface area contributed by atoms with Crippen LogP contribution in [0.2, 0.25) is 5.02 Å². The van der Waals surface area contributed by atoms with Gasteiger partial charge in [0.2, 0.25) is 11.9 Å². The lowest BCUT2D eigenvalue weighted by molar-refractivity contribution is 0.1000. The lowest BCUT2D eigenvalue weighted by Crippen LogP contribution is -2.38. The van der Waals surface area contributed by atoms with E-state index in [1.54, 1.807) is 17.0 Å². The van der Waals surface area contributed by atoms with Gasteiger partial charge in [0.25, 0.3) is 0 Å². The first kappa shape index (κ1) is 20.7. The number of carbonyl (C=O) groups is 1. The van der Waals surface area contributed by atoms with Crippen LogP contribution in [0.15, 0.2) is 88.0 Å². The number of fused-ring (bicyclic) bond motifs is 1. The minimum atomic E-state index is -0.545. The number of rotatable bonds is 4. The Hall–Kier alpha value is -4.17. The molecule has 0 radical (unpaired) electrons. The number of aliphatic imine (C=N–C) groups is 1. The maximum absolute atomic E-state index is 11.7. The van der Waals surface area contributed by atoms with E-state index in [0.717, 1.165) is 11.3 Å². The molecule has 0 bridgehead atoms. The molecule has 0 aliphatic carbocycles. The number of para-hydroxylation sites is 2. The van der Waals surface area contributed by atoms with Gasteiger partial charge in [-0.1, -0.05) is 41.9 Å². The van der Waals surface area contributed by atoms with Gasteiger partial charge in [-0.15, -0.1) is 0 Å². The number of nitrogens with one attached hydrogen (secondary N) is 1. The zero-order valence-electron chi connectivity index (χ0n) is 17.6. The number of allylic oxidation sites excluding steroid dienone is 1. The fourth-order valence-corrected chi connectivity index (χ4v) is 3.91. The average molecular weight is 459 g/mol. The van der Waals surface area contributed by atoms with Gasteiger partial charge < -0.3 is 10.2 Å². The predicted octanol–water partition coefficient (Wildman–Crippen LogP) is 4.91. The second kappa shape index (κ2) is 8.40. The molecular formula is C24H19ClN6O2. The lowest BCUT2D eigenvalue weighted by Gasteiger charge is -2.31. The summed E-state index contributed by atoms with van der Waals surface area (Å²) >= 11 is 6.45. The Bertz CT molecular complexity index is 1390. The van der Waals surface area contributed by atoms with Crippen molar-refractivity contribution in [3.8, 4) is 0 Å². The van der Waals surface area contributed by atoms with Crippen LogP contribution in [0.5, 0.6) is 0 Å². The molecule has 0 fully saturated rings. The molecule has 1 atom stereocenters. The number of pyridine rings is 1. The minimum Gasteiger partial charge on any atom is -0.423 e. The standard InChI is InChI=1S/C24H19ClN6O2/c1-14-12-19(16-6-2-3-7-17(16)25)28-23(30-24-29-18-8-4-5-9-20(18)33-24)31(14)21-13-15(22(26)32)10-11-27-21/h2-13,19H,1H3,(H2,26,32)(H,28,29,30). The first-order chi connectivity index (χ1) is 16.0. The summed E-state index contributed by atoms with van der Waals surface area (Å²) in [5.74, 6) is 0.345. The fourth-order valence-electron chi connectivity index (χ4n) is 3.66. The summed E-state index contributed by atoms with van der Waals surface area (Å²) in [7, 11) is 0. The molecule has 8 nitrogen and oxygen atoms in total. The molecule has 1 unspecified atom stereocenters. The Morgan fingerprint density at radius 1 is 1.15 bits per heavy atom. The summed E-state index contributed by atoms with van der Waals surface area (Å²) in [6, 6.07) is 18.1. The van der Waals surface area contributed by atoms with Crippen LogP contribution in [-0.2, 0) is 0 Å². The van der Waals surface area contributed by atoms with Crippen molar-refractivity contribution in [2.45, 2.75) is 13.0 Å². The topological polar surface area (TPSA) is 110 Å². The smallest absolute Gasteiger partial charge is 0.302 e. The van der Waals surface area contributed by atoms with Crippen LogP contribution >= 0.6 is 11.6 Å². The number of aromatic nitrogens is 2. The molecule has 9 heteroatoms. The van der Waals surface area contributed by atoms with Gasteiger partial charge in [-0.3, -0.25) is 15.0 Å². The quantitative estimate of drug-likeness (QED) is 0.449. The van der Waals surface area contributed by atoms with E-state index in [-0.39, 0.29) is 12.1 Å². The van der Waals surface area contributed by atoms with E-state index in [4.69, 9.17) is 26.7 Å². The normalized spacial score (nSPS) is 15.8. The number of nitrogens with zero attached hydrogens (tertiary/aromatic N) is 4. The highest BCUT2D eigenvalue weighted by Crippen LogP contribution is 2.33. The van der Waals surface area contributed by atoms with Crippen molar-refractivity contribution in [2.24, 2.45) is 10.7 Å². The van der Waals surface area contributed by atoms with Crippen LogP contribution in [0, 0.1) is 0 Å². The van der Waals surface area contributed by atoms with Crippen LogP contribution in [0.4, 0.5) is 11.8 Å². The lowest BCUT2D eigenvalue weighted by atomic mass is 10.0. The van der Waals surface area contributed by atoms with E-state index in [1.165, 1.54) is 6.20 Å². The van der Waals surface area contributed by atoms with Gasteiger partial charge in [-0.25, -0.2) is 9.98 Å². The number of hydrogen-bond acceptors (Lipinski definition) is 7. The zero-order chi connectivity index (χ0) is 22.9. The van der Waals surface area contributed by atoms with Crippen molar-refractivity contribution >= 4 is 46.4 Å². The van der Waals surface area contributed by atoms with E-state index < -0.39 is 5.91 Å². The maximum Gasteiger partial charge on any atom is 0.302 e. The Balaban J connectivity index is 1.60. The van der Waals surface area contributed by atoms with Gasteiger partial charge in [0.1, 0.15) is 17.4 Å². The van der Waals surface area contributed by atoms with E-state index in [9.17, 15) is 4.79 Å². The highest BCUT2D eigenvalue weighted by atomic mass is 35.5. The van der Waals surface area contributed by atoms with E-state index >= 15 is 0 Å². The number of nitrogens with two attached hydrogens (primary N) is 1. The maximum atomic E-state index is 11.7. The first-order valence-corrected chi connectivity index (χ1v) is 10.6. The number of anilines is 2. The number of hydrogen-bond donors (Lipinski definition) is 2. The summed E-state index contributed by atoms with van der Waals surface area (Å²) in [5.41, 5.74) is 8.85. The van der Waals surface area contributed by atoms with Gasteiger partial charge in [0.05, 0.1) is 0 Å². The predicted molar refractivity (Wildman–Crippen MR) is 128 cm³/mol. The second-order valence-electron chi connectivity index (χ2n) is 7.44. The van der Waals surface area contributed by atoms with Gasteiger partial charge in [-0.2, -0.15) is 4.98 Å². The third-order valence-electron chi connectivity index (χ3n) is 5.22. The first-order valence-electron chi connectivity index (χ1n) is 10.2. The van der Waals surface area contributed by atoms with Crippen molar-refractivity contribution in [3.05, 3.63) is 94.8 Å². The van der Waals surface area contributed by atoms with Gasteiger partial charge in [0.15, 0.2) is 5.58 Å². The van der Waals surface area contributed by atoms with Crippen molar-refractivity contribution in [1.82, 2.24) is 9.97 Å². The van der Waals surface area contributed by atoms with Crippen LogP contribution < -0.4 is 16.0 Å². The summed E-state index contributed by atoms with van der Waals surface area (Å²) in [5, 5.41) is 3.79. The van der Waals surface area contributed by atoms with Crippen molar-refractivity contribution in [1.29, 1.82) is 0 Å². The number of amides is 1. The summed E-state index contributed by atoms with van der Waals surface area (Å²) in [4.78, 5) is 27.3. The number of guanidine groups is 1. The molecule has 1 aliphatic heterocycles. The molecule has 2 aromatic carbocycles. The average Bonchev–Trinajstić information content (AvgIpc) is 3.21. The van der Waals surface area contributed by atoms with Crippen LogP contribution in [0.3, 0.4) is 0 Å². The number of oxazole rings is 1. The summed E-state index contributed by atoms with van der Waals surface area (Å²) in [6.45, 7) is 1.92. The number of carbonyl (C=O) groups excluding carboxylic acids is 1. The van der Waals surface area contributed by atoms with Crippen LogP contribution in [0.25, 0.3) is 11.1 Å². The third kappa shape index (κ3) is 4.04. The molecule has 3 heterocycles. The molecule has 0 spiro atoms. The van der Waals surface area contributed by atoms with Crippen molar-refractivity contribution in [3.63, 3.8) is 0 Å². The molecule has 2 aromatic heterocycles. The zero-order valence-corrected chi connectivity index (χ0v) is 18.3. The third-order valence-corrected chi connectivity index (χ3v) is 5.56. The molecule has 164 valence electrons. The van der Waals surface area contributed by atoms with Gasteiger partial charge >= 0.3 is 6.01 Å². The van der Waals surface area contributed by atoms with E-state index in [2.05, 4.69) is 15.3 Å². The minimum absolute atomic E-state index is 0.276. The molecular weight excluding hydrogens is 440 g/mol. The molecule has 1 amide bonds. The molecule has 3 N–H and O–H groups in total. The number of benzene rings is 2. The molecule has 33 heavy (non-hydrogen) atoms. The fraction of sp³-hybridized carbons (Fsp3) is 0.0833. The Labute approximate surface area is 194 Å². The van der Waals surface area contributed by atoms with E-state index in [0.29, 0.717) is 33.5 Å². The van der Waals surface area contributed by atoms with Crippen LogP contribution in [0.1, 0.15) is 28.9 Å². The highest BCUT2D eigenvalue weighted by Gasteiger charge is 2.27. The SMILES string of the molecule is CC1=CC(c2ccccc2Cl)N=C(Nc2nc3ccccc3o2)N1c1cc(C(N)=O)ccn1. The number of halogens is 1. The number of primary amides is 1. The van der Waals surface area contributed by atoms with Gasteiger partial charge in [-0.05, 0) is 48.9 Å². The monoisotopic (exact) mass is 458 g/mol. The van der Waals surface area contributed by atoms with Crippen LogP contribution in [-0.4, -0.2) is 21.8 Å². The van der Waals surface area contributed by atoms with Crippen molar-refractivity contribution in [2.75, 3.05) is 10.2 Å². The molecule has 0 saturated heterocycles. The Kier molecular flexibility index (Phi) is 5.27. The van der Waals surface area contributed by atoms with E-state index in [1.807, 2.05) is 61.5 Å². The summed E-state index contributed by atoms with van der Waals surface area (Å²) in [6.07, 6.45) is 3.50. The molecule has 0 saturated carbocycles.